The molecule has 2 fully saturated rings. The number of likely N-dealkylation sites (tertiary alicyclic amines) is 1. The fraction of sp³-hybridized carbons (Fsp3) is 0.375. The minimum atomic E-state index is -0.834. The Kier molecular flexibility index (Phi) is 8.91. The monoisotopic (exact) mass is 528 g/mol. The molecule has 0 unspecified atom stereocenters. The largest absolute Gasteiger partial charge is 0.481 e. The smallest absolute Gasteiger partial charge is 0.411 e. The van der Waals surface area contributed by atoms with Gasteiger partial charge in [0, 0.05) is 25.2 Å². The first kappa shape index (κ1) is 26.9. The minimum absolute atomic E-state index is 0.0389. The minimum Gasteiger partial charge on any atom is -0.481 e. The predicted molar refractivity (Wildman–Crippen MR) is 150 cm³/mol. The molecule has 2 N–H and O–H groups in total. The molecule has 1 saturated heterocycles. The number of para-hydroxylation sites is 1. The number of anilines is 1. The first-order valence-corrected chi connectivity index (χ1v) is 13.8. The van der Waals surface area contributed by atoms with Gasteiger partial charge in [0.05, 0.1) is 25.3 Å². The molecule has 7 heteroatoms. The maximum Gasteiger partial charge on any atom is 0.411 e. The first-order valence-electron chi connectivity index (χ1n) is 13.8. The summed E-state index contributed by atoms with van der Waals surface area (Å²) in [6.07, 6.45) is 2.22. The molecule has 0 spiro atoms. The molecule has 1 saturated carbocycles. The van der Waals surface area contributed by atoms with E-state index in [1.807, 2.05) is 54.6 Å². The lowest BCUT2D eigenvalue weighted by molar-refractivity contribution is -0.138. The van der Waals surface area contributed by atoms with E-state index in [9.17, 15) is 9.59 Å². The lowest BCUT2D eigenvalue weighted by atomic mass is 10.0. The van der Waals surface area contributed by atoms with Gasteiger partial charge < -0.3 is 14.6 Å². The molecule has 0 aromatic heterocycles. The van der Waals surface area contributed by atoms with Crippen LogP contribution in [0.3, 0.4) is 0 Å². The summed E-state index contributed by atoms with van der Waals surface area (Å²) in [4.78, 5) is 25.8. The number of carbonyl (C=O) groups is 2. The van der Waals surface area contributed by atoms with Crippen LogP contribution in [0.4, 0.5) is 10.5 Å². The number of aliphatic carboxylic acids is 1. The summed E-state index contributed by atoms with van der Waals surface area (Å²) in [5.41, 5.74) is 5.27. The number of hydrogen-bond acceptors (Lipinski definition) is 5. The van der Waals surface area contributed by atoms with E-state index >= 15 is 0 Å². The molecule has 204 valence electrons. The number of nitrogens with zero attached hydrogens (tertiary/aromatic N) is 1. The van der Waals surface area contributed by atoms with Crippen molar-refractivity contribution >= 4 is 17.7 Å². The van der Waals surface area contributed by atoms with Crippen molar-refractivity contribution in [3.05, 3.63) is 90.0 Å². The van der Waals surface area contributed by atoms with Crippen molar-refractivity contribution < 1.29 is 24.2 Å². The Bertz CT molecular complexity index is 1230. The zero-order valence-electron chi connectivity index (χ0n) is 22.1. The van der Waals surface area contributed by atoms with Gasteiger partial charge in [-0.1, -0.05) is 72.8 Å². The van der Waals surface area contributed by atoms with E-state index in [4.69, 9.17) is 14.6 Å². The number of hydrogen-bond donors (Lipinski definition) is 2. The molecule has 1 aliphatic carbocycles. The zero-order valence-corrected chi connectivity index (χ0v) is 22.1. The Hall–Kier alpha value is -3.68. The topological polar surface area (TPSA) is 88.1 Å². The van der Waals surface area contributed by atoms with Crippen LogP contribution in [0.2, 0.25) is 0 Å². The van der Waals surface area contributed by atoms with Crippen LogP contribution in [0, 0.1) is 11.8 Å². The van der Waals surface area contributed by atoms with Crippen molar-refractivity contribution in [1.82, 2.24) is 4.90 Å². The number of fused-ring (bicyclic) bond motifs is 1. The SMILES string of the molecule is O=C(O)CCOCCc1ccc(CN2C[C@H]3C[C@H](OC(=O)Nc4ccccc4-c4ccccc4)C[C@H]3C2)cc1. The van der Waals surface area contributed by atoms with Crippen molar-refractivity contribution in [3.8, 4) is 11.1 Å². The lowest BCUT2D eigenvalue weighted by Crippen LogP contribution is -2.25. The molecule has 5 rings (SSSR count). The van der Waals surface area contributed by atoms with Crippen LogP contribution in [-0.4, -0.2) is 54.5 Å². The van der Waals surface area contributed by atoms with Gasteiger partial charge in [-0.3, -0.25) is 15.0 Å². The highest BCUT2D eigenvalue weighted by molar-refractivity contribution is 5.91. The van der Waals surface area contributed by atoms with Crippen LogP contribution < -0.4 is 5.32 Å². The molecule has 2 aliphatic rings. The van der Waals surface area contributed by atoms with E-state index < -0.39 is 5.97 Å². The van der Waals surface area contributed by atoms with Gasteiger partial charge in [-0.2, -0.15) is 0 Å². The number of carboxylic acids is 1. The zero-order chi connectivity index (χ0) is 27.0. The Balaban J connectivity index is 1.04. The van der Waals surface area contributed by atoms with Crippen molar-refractivity contribution in [2.24, 2.45) is 11.8 Å². The molecular formula is C32H36N2O5. The molecule has 0 radical (unpaired) electrons. The van der Waals surface area contributed by atoms with E-state index in [1.165, 1.54) is 11.1 Å². The molecule has 39 heavy (non-hydrogen) atoms. The summed E-state index contributed by atoms with van der Waals surface area (Å²) >= 11 is 0. The number of carboxylic acid groups (broad SMARTS) is 1. The average molecular weight is 529 g/mol. The maximum atomic E-state index is 12.8. The second-order valence-corrected chi connectivity index (χ2v) is 10.6. The molecule has 7 nitrogen and oxygen atoms in total. The van der Waals surface area contributed by atoms with Gasteiger partial charge in [-0.25, -0.2) is 4.79 Å². The standard InChI is InChI=1S/C32H36N2O5/c35-31(36)15-17-38-16-14-23-10-12-24(13-11-23)20-34-21-26-18-28(19-27(26)22-34)39-32(37)33-30-9-5-4-8-29(30)25-6-2-1-3-7-25/h1-13,26-28H,14-22H2,(H,33,37)(H,35,36)/t26-,27+,28+. The Morgan fingerprint density at radius 2 is 1.51 bits per heavy atom. The summed E-state index contributed by atoms with van der Waals surface area (Å²) in [6, 6.07) is 26.4. The fourth-order valence-corrected chi connectivity index (χ4v) is 5.84. The van der Waals surface area contributed by atoms with Crippen LogP contribution in [0.1, 0.15) is 30.4 Å². The predicted octanol–water partition coefficient (Wildman–Crippen LogP) is 5.85. The number of rotatable bonds is 11. The third-order valence-electron chi connectivity index (χ3n) is 7.73. The van der Waals surface area contributed by atoms with Gasteiger partial charge in [-0.15, -0.1) is 0 Å². The summed E-state index contributed by atoms with van der Waals surface area (Å²) in [5.74, 6) is 0.280. The summed E-state index contributed by atoms with van der Waals surface area (Å²) in [5, 5.41) is 11.6. The van der Waals surface area contributed by atoms with Gasteiger partial charge in [0.15, 0.2) is 0 Å². The van der Waals surface area contributed by atoms with Crippen molar-refractivity contribution in [1.29, 1.82) is 0 Å². The molecule has 1 amide bonds. The molecule has 3 atom stereocenters. The highest BCUT2D eigenvalue weighted by Crippen LogP contribution is 2.40. The number of amides is 1. The first-order chi connectivity index (χ1) is 19.0. The Morgan fingerprint density at radius 1 is 0.846 bits per heavy atom. The van der Waals surface area contributed by atoms with E-state index in [0.717, 1.165) is 55.7 Å². The van der Waals surface area contributed by atoms with Gasteiger partial charge >= 0.3 is 12.1 Å². The Morgan fingerprint density at radius 3 is 2.23 bits per heavy atom. The number of carbonyl (C=O) groups excluding carboxylic acids is 1. The quantitative estimate of drug-likeness (QED) is 0.304. The Labute approximate surface area is 229 Å². The van der Waals surface area contributed by atoms with Crippen LogP contribution in [-0.2, 0) is 27.2 Å². The van der Waals surface area contributed by atoms with Crippen LogP contribution in [0.15, 0.2) is 78.9 Å². The second kappa shape index (κ2) is 12.9. The average Bonchev–Trinajstić information content (AvgIpc) is 3.48. The summed E-state index contributed by atoms with van der Waals surface area (Å²) in [6.45, 7) is 3.77. The molecule has 1 heterocycles. The van der Waals surface area contributed by atoms with Gasteiger partial charge in [0.2, 0.25) is 0 Å². The van der Waals surface area contributed by atoms with E-state index in [1.54, 1.807) is 0 Å². The number of ether oxygens (including phenoxy) is 2. The van der Waals surface area contributed by atoms with E-state index in [0.29, 0.717) is 18.4 Å². The highest BCUT2D eigenvalue weighted by Gasteiger charge is 2.42. The van der Waals surface area contributed by atoms with Crippen LogP contribution in [0.5, 0.6) is 0 Å². The lowest BCUT2D eigenvalue weighted by Gasteiger charge is -2.20. The van der Waals surface area contributed by atoms with Crippen LogP contribution in [0.25, 0.3) is 11.1 Å². The van der Waals surface area contributed by atoms with Crippen molar-refractivity contribution in [2.45, 2.75) is 38.3 Å². The second-order valence-electron chi connectivity index (χ2n) is 10.6. The maximum absolute atomic E-state index is 12.8. The molecule has 3 aromatic rings. The fourth-order valence-electron chi connectivity index (χ4n) is 5.84. The third-order valence-corrected chi connectivity index (χ3v) is 7.73. The summed E-state index contributed by atoms with van der Waals surface area (Å²) in [7, 11) is 0. The van der Waals surface area contributed by atoms with Gasteiger partial charge in [-0.05, 0) is 53.9 Å². The van der Waals surface area contributed by atoms with Crippen LogP contribution >= 0.6 is 0 Å². The normalized spacial score (nSPS) is 20.5. The summed E-state index contributed by atoms with van der Waals surface area (Å²) < 4.78 is 11.3. The third kappa shape index (κ3) is 7.46. The number of nitrogens with one attached hydrogen (secondary N) is 1. The van der Waals surface area contributed by atoms with E-state index in [-0.39, 0.29) is 25.2 Å². The highest BCUT2D eigenvalue weighted by atomic mass is 16.6. The van der Waals surface area contributed by atoms with Crippen molar-refractivity contribution in [2.75, 3.05) is 31.6 Å². The molecule has 1 aliphatic heterocycles. The molecule has 3 aromatic carbocycles. The molecular weight excluding hydrogens is 492 g/mol. The van der Waals surface area contributed by atoms with Gasteiger partial charge in [0.25, 0.3) is 0 Å². The van der Waals surface area contributed by atoms with Gasteiger partial charge in [0.1, 0.15) is 6.10 Å². The number of benzene rings is 3. The van der Waals surface area contributed by atoms with Crippen molar-refractivity contribution in [3.63, 3.8) is 0 Å². The molecule has 0 bridgehead atoms. The van der Waals surface area contributed by atoms with E-state index in [2.05, 4.69) is 34.5 Å².